The van der Waals surface area contributed by atoms with Crippen LogP contribution in [-0.4, -0.2) is 57.2 Å². The number of para-hydroxylation sites is 2. The number of rotatable bonds is 7. The third-order valence-electron chi connectivity index (χ3n) is 5.36. The Balaban J connectivity index is 1.20. The van der Waals surface area contributed by atoms with Crippen LogP contribution in [-0.2, 0) is 0 Å². The van der Waals surface area contributed by atoms with E-state index in [4.69, 9.17) is 4.74 Å². The molecule has 156 valence electrons. The normalized spacial score (nSPS) is 15.0. The van der Waals surface area contributed by atoms with Gasteiger partial charge in [-0.2, -0.15) is 0 Å². The number of piperazine rings is 1. The highest BCUT2D eigenvalue weighted by Crippen LogP contribution is 2.28. The minimum atomic E-state index is -0.00808. The van der Waals surface area contributed by atoms with Crippen molar-refractivity contribution in [1.82, 2.24) is 10.2 Å². The number of amides is 1. The molecule has 0 unspecified atom stereocenters. The summed E-state index contributed by atoms with van der Waals surface area (Å²) in [6, 6.07) is 18.2. The Bertz CT molecular complexity index is 989. The zero-order valence-electron chi connectivity index (χ0n) is 17.2. The van der Waals surface area contributed by atoms with Gasteiger partial charge in [0.25, 0.3) is 5.91 Å². The maximum atomic E-state index is 12.3. The van der Waals surface area contributed by atoms with Crippen LogP contribution in [0.1, 0.15) is 9.67 Å². The van der Waals surface area contributed by atoms with E-state index in [9.17, 15) is 4.79 Å². The minimum Gasteiger partial charge on any atom is -0.495 e. The summed E-state index contributed by atoms with van der Waals surface area (Å²) in [4.78, 5) is 17.9. The van der Waals surface area contributed by atoms with E-state index in [2.05, 4.69) is 33.3 Å². The predicted octanol–water partition coefficient (Wildman–Crippen LogP) is 4.02. The summed E-state index contributed by atoms with van der Waals surface area (Å²) in [6.45, 7) is 5.44. The van der Waals surface area contributed by atoms with Gasteiger partial charge in [0.15, 0.2) is 0 Å². The van der Waals surface area contributed by atoms with Gasteiger partial charge in [0.05, 0.1) is 17.7 Å². The molecule has 0 spiro atoms. The number of ether oxygens (including phenoxy) is 1. The standard InChI is InChI=1S/C24H27N3O2S/c1-29-21-10-4-3-9-20(21)27-16-14-26(15-17-27)13-7-6-12-25-24(28)23-18-19-8-2-5-11-22(19)30-23/h2-11,18H,12-17H2,1H3,(H,25,28)/b7-6+. The van der Waals surface area contributed by atoms with E-state index >= 15 is 0 Å². The lowest BCUT2D eigenvalue weighted by Gasteiger charge is -2.36. The third kappa shape index (κ3) is 4.83. The molecule has 1 aromatic heterocycles. The molecule has 30 heavy (non-hydrogen) atoms. The van der Waals surface area contributed by atoms with E-state index in [0.29, 0.717) is 6.54 Å². The van der Waals surface area contributed by atoms with Gasteiger partial charge in [0.2, 0.25) is 0 Å². The molecule has 4 rings (SSSR count). The van der Waals surface area contributed by atoms with Gasteiger partial charge in [-0.25, -0.2) is 0 Å². The lowest BCUT2D eigenvalue weighted by molar-refractivity contribution is 0.0962. The molecule has 1 amide bonds. The molecular weight excluding hydrogens is 394 g/mol. The molecule has 0 aliphatic carbocycles. The number of nitrogens with zero attached hydrogens (tertiary/aromatic N) is 2. The maximum absolute atomic E-state index is 12.3. The van der Waals surface area contributed by atoms with Crippen molar-refractivity contribution in [3.05, 3.63) is 71.6 Å². The van der Waals surface area contributed by atoms with Gasteiger partial charge in [0.1, 0.15) is 5.75 Å². The number of carbonyl (C=O) groups is 1. The molecule has 2 aromatic carbocycles. The lowest BCUT2D eigenvalue weighted by Crippen LogP contribution is -2.46. The number of nitrogens with one attached hydrogen (secondary N) is 1. The zero-order chi connectivity index (χ0) is 20.8. The maximum Gasteiger partial charge on any atom is 0.261 e. The quantitative estimate of drug-likeness (QED) is 0.586. The smallest absolute Gasteiger partial charge is 0.261 e. The van der Waals surface area contributed by atoms with Crippen molar-refractivity contribution in [2.75, 3.05) is 51.3 Å². The lowest BCUT2D eigenvalue weighted by atomic mass is 10.2. The Hall–Kier alpha value is -2.83. The van der Waals surface area contributed by atoms with Gasteiger partial charge in [-0.1, -0.05) is 42.5 Å². The molecule has 0 radical (unpaired) electrons. The average Bonchev–Trinajstić information content (AvgIpc) is 3.24. The fourth-order valence-electron chi connectivity index (χ4n) is 3.70. The fourth-order valence-corrected chi connectivity index (χ4v) is 4.68. The monoisotopic (exact) mass is 421 g/mol. The highest BCUT2D eigenvalue weighted by atomic mass is 32.1. The second kappa shape index (κ2) is 9.78. The highest BCUT2D eigenvalue weighted by Gasteiger charge is 2.18. The van der Waals surface area contributed by atoms with Crippen LogP contribution in [0, 0.1) is 0 Å². The molecule has 2 heterocycles. The molecule has 1 N–H and O–H groups in total. The highest BCUT2D eigenvalue weighted by molar-refractivity contribution is 7.20. The molecule has 0 saturated carbocycles. The Morgan fingerprint density at radius 2 is 1.83 bits per heavy atom. The molecule has 3 aromatic rings. The molecule has 1 saturated heterocycles. The Morgan fingerprint density at radius 1 is 1.07 bits per heavy atom. The fraction of sp³-hybridized carbons (Fsp3) is 0.292. The van der Waals surface area contributed by atoms with Crippen molar-refractivity contribution in [3.8, 4) is 5.75 Å². The summed E-state index contributed by atoms with van der Waals surface area (Å²) in [5.41, 5.74) is 1.17. The van der Waals surface area contributed by atoms with E-state index in [-0.39, 0.29) is 5.91 Å². The second-order valence-corrected chi connectivity index (χ2v) is 8.37. The van der Waals surface area contributed by atoms with Crippen LogP contribution in [0.4, 0.5) is 5.69 Å². The molecule has 1 fully saturated rings. The van der Waals surface area contributed by atoms with Gasteiger partial charge in [-0.05, 0) is 29.7 Å². The van der Waals surface area contributed by atoms with E-state index < -0.39 is 0 Å². The topological polar surface area (TPSA) is 44.8 Å². The van der Waals surface area contributed by atoms with Gasteiger partial charge in [0, 0.05) is 44.0 Å². The molecule has 6 heteroatoms. The Labute approximate surface area is 181 Å². The van der Waals surface area contributed by atoms with Crippen molar-refractivity contribution in [1.29, 1.82) is 0 Å². The van der Waals surface area contributed by atoms with Crippen LogP contribution >= 0.6 is 11.3 Å². The van der Waals surface area contributed by atoms with Crippen LogP contribution in [0.25, 0.3) is 10.1 Å². The van der Waals surface area contributed by atoms with Gasteiger partial charge < -0.3 is 15.0 Å². The number of fused-ring (bicyclic) bond motifs is 1. The number of hydrogen-bond donors (Lipinski definition) is 1. The number of methoxy groups -OCH3 is 1. The first kappa shape index (κ1) is 20.4. The van der Waals surface area contributed by atoms with Crippen molar-refractivity contribution < 1.29 is 9.53 Å². The molecular formula is C24H27N3O2S. The van der Waals surface area contributed by atoms with Gasteiger partial charge in [-0.15, -0.1) is 11.3 Å². The summed E-state index contributed by atoms with van der Waals surface area (Å²) in [5, 5.41) is 4.10. The van der Waals surface area contributed by atoms with Crippen molar-refractivity contribution >= 4 is 33.0 Å². The van der Waals surface area contributed by atoms with Gasteiger partial charge in [-0.3, -0.25) is 9.69 Å². The SMILES string of the molecule is COc1ccccc1N1CCN(C/C=C/CNC(=O)c2cc3ccccc3s2)CC1. The Morgan fingerprint density at radius 3 is 2.63 bits per heavy atom. The van der Waals surface area contributed by atoms with Gasteiger partial charge >= 0.3 is 0 Å². The van der Waals surface area contributed by atoms with E-state index in [1.54, 1.807) is 7.11 Å². The Kier molecular flexibility index (Phi) is 6.67. The summed E-state index contributed by atoms with van der Waals surface area (Å²) < 4.78 is 6.63. The van der Waals surface area contributed by atoms with E-state index in [1.165, 1.54) is 17.0 Å². The van der Waals surface area contributed by atoms with Crippen LogP contribution in [0.2, 0.25) is 0 Å². The molecule has 0 bridgehead atoms. The number of anilines is 1. The first-order chi connectivity index (χ1) is 14.7. The zero-order valence-corrected chi connectivity index (χ0v) is 18.0. The predicted molar refractivity (Wildman–Crippen MR) is 125 cm³/mol. The van der Waals surface area contributed by atoms with E-state index in [1.807, 2.05) is 48.5 Å². The second-order valence-electron chi connectivity index (χ2n) is 7.29. The van der Waals surface area contributed by atoms with Crippen LogP contribution in [0.3, 0.4) is 0 Å². The average molecular weight is 422 g/mol. The first-order valence-corrected chi connectivity index (χ1v) is 11.1. The van der Waals surface area contributed by atoms with Crippen LogP contribution in [0.5, 0.6) is 5.75 Å². The molecule has 1 aliphatic heterocycles. The van der Waals surface area contributed by atoms with E-state index in [0.717, 1.165) is 53.4 Å². The number of hydrogen-bond acceptors (Lipinski definition) is 5. The molecule has 5 nitrogen and oxygen atoms in total. The molecule has 0 atom stereocenters. The van der Waals surface area contributed by atoms with Crippen LogP contribution in [0.15, 0.2) is 66.7 Å². The number of benzene rings is 2. The van der Waals surface area contributed by atoms with Crippen molar-refractivity contribution in [3.63, 3.8) is 0 Å². The number of carbonyl (C=O) groups excluding carboxylic acids is 1. The molecule has 1 aliphatic rings. The largest absolute Gasteiger partial charge is 0.495 e. The van der Waals surface area contributed by atoms with Crippen molar-refractivity contribution in [2.24, 2.45) is 0 Å². The van der Waals surface area contributed by atoms with Crippen LogP contribution < -0.4 is 15.0 Å². The third-order valence-corrected chi connectivity index (χ3v) is 6.47. The number of thiophene rings is 1. The summed E-state index contributed by atoms with van der Waals surface area (Å²) in [7, 11) is 1.72. The summed E-state index contributed by atoms with van der Waals surface area (Å²) in [6.07, 6.45) is 4.18. The van der Waals surface area contributed by atoms with Crippen molar-refractivity contribution in [2.45, 2.75) is 0 Å². The summed E-state index contributed by atoms with van der Waals surface area (Å²) >= 11 is 1.53. The minimum absolute atomic E-state index is 0.00808. The summed E-state index contributed by atoms with van der Waals surface area (Å²) in [5.74, 6) is 0.923. The first-order valence-electron chi connectivity index (χ1n) is 10.3.